The van der Waals surface area contributed by atoms with E-state index in [1.807, 2.05) is 4.90 Å². The average Bonchev–Trinajstić information content (AvgIpc) is 2.97. The van der Waals surface area contributed by atoms with Crippen LogP contribution in [0.2, 0.25) is 5.02 Å². The molecule has 0 saturated carbocycles. The highest BCUT2D eigenvalue weighted by atomic mass is 35.5. The van der Waals surface area contributed by atoms with Crippen LogP contribution in [-0.4, -0.2) is 97.5 Å². The van der Waals surface area contributed by atoms with Gasteiger partial charge in [0.1, 0.15) is 0 Å². The first-order valence-electron chi connectivity index (χ1n) is 13.3. The normalized spacial score (nSPS) is 18.0. The number of nitrogens with zero attached hydrogens (tertiary/aromatic N) is 3. The van der Waals surface area contributed by atoms with Crippen LogP contribution in [0.3, 0.4) is 0 Å². The number of morpholine rings is 1. The molecule has 2 aromatic rings. The molecule has 2 aliphatic rings. The molecule has 16 heteroatoms. The van der Waals surface area contributed by atoms with E-state index < -0.39 is 60.4 Å². The first-order valence-corrected chi connectivity index (χ1v) is 13.7. The quantitative estimate of drug-likeness (QED) is 0.378. The molecule has 3 amide bonds. The van der Waals surface area contributed by atoms with E-state index in [4.69, 9.17) is 21.4 Å². The number of piperazine rings is 1. The van der Waals surface area contributed by atoms with Gasteiger partial charge >= 0.3 is 12.3 Å². The van der Waals surface area contributed by atoms with E-state index in [2.05, 4.69) is 10.6 Å². The number of amides is 3. The van der Waals surface area contributed by atoms with Crippen LogP contribution < -0.4 is 15.5 Å². The standard InChI is InChI=1S/C27H29ClF5N5O5/c28-17-2-4-19(20(13-17)37-9-7-36(8-10-37)6-5-27(31,32)33)35-24(39)18-3-1-16(22(29)23(18)30)14-34-25(40)21-15-38(26(41)42)11-12-43-21/h1-4,13,21H,5-12,14-15H2,(H,34,40)(H,35,39)(H,41,42). The van der Waals surface area contributed by atoms with Gasteiger partial charge in [-0.15, -0.1) is 0 Å². The summed E-state index contributed by atoms with van der Waals surface area (Å²) in [5.74, 6) is -4.45. The van der Waals surface area contributed by atoms with Crippen molar-refractivity contribution >= 4 is 40.9 Å². The van der Waals surface area contributed by atoms with Crippen LogP contribution >= 0.6 is 11.6 Å². The molecule has 4 rings (SSSR count). The molecule has 2 fully saturated rings. The molecule has 234 valence electrons. The second kappa shape index (κ2) is 13.7. The smallest absolute Gasteiger partial charge is 0.407 e. The number of rotatable bonds is 8. The molecule has 3 N–H and O–H groups in total. The van der Waals surface area contributed by atoms with Crippen molar-refractivity contribution in [2.75, 3.05) is 62.6 Å². The fraction of sp³-hybridized carbons (Fsp3) is 0.444. The van der Waals surface area contributed by atoms with Gasteiger partial charge in [-0.3, -0.25) is 14.5 Å². The average molecular weight is 634 g/mol. The zero-order valence-electron chi connectivity index (χ0n) is 22.7. The van der Waals surface area contributed by atoms with Crippen molar-refractivity contribution in [3.05, 3.63) is 58.1 Å². The van der Waals surface area contributed by atoms with Gasteiger partial charge in [-0.25, -0.2) is 13.6 Å². The van der Waals surface area contributed by atoms with Crippen molar-refractivity contribution in [3.63, 3.8) is 0 Å². The van der Waals surface area contributed by atoms with Crippen LogP contribution in [0.25, 0.3) is 0 Å². The lowest BCUT2D eigenvalue weighted by Crippen LogP contribution is -2.51. The van der Waals surface area contributed by atoms with E-state index in [-0.39, 0.29) is 37.5 Å². The Morgan fingerprint density at radius 1 is 1.02 bits per heavy atom. The predicted molar refractivity (Wildman–Crippen MR) is 146 cm³/mol. The molecule has 43 heavy (non-hydrogen) atoms. The largest absolute Gasteiger partial charge is 0.465 e. The molecule has 0 aliphatic carbocycles. The molecule has 1 unspecified atom stereocenters. The molecule has 0 bridgehead atoms. The lowest BCUT2D eigenvalue weighted by atomic mass is 10.1. The molecule has 2 heterocycles. The van der Waals surface area contributed by atoms with Crippen LogP contribution in [0.4, 0.5) is 38.1 Å². The lowest BCUT2D eigenvalue weighted by Gasteiger charge is -2.37. The van der Waals surface area contributed by atoms with Crippen molar-refractivity contribution < 1.29 is 46.2 Å². The topological polar surface area (TPSA) is 114 Å². The molecular weight excluding hydrogens is 605 g/mol. The van der Waals surface area contributed by atoms with Crippen LogP contribution in [0.5, 0.6) is 0 Å². The minimum atomic E-state index is -4.25. The third kappa shape index (κ3) is 8.45. The van der Waals surface area contributed by atoms with Crippen molar-refractivity contribution in [2.45, 2.75) is 25.2 Å². The van der Waals surface area contributed by atoms with Crippen LogP contribution in [0.1, 0.15) is 22.3 Å². The van der Waals surface area contributed by atoms with Crippen LogP contribution in [-0.2, 0) is 16.1 Å². The number of carboxylic acid groups (broad SMARTS) is 1. The minimum Gasteiger partial charge on any atom is -0.465 e. The zero-order chi connectivity index (χ0) is 31.3. The molecule has 2 aliphatic heterocycles. The number of hydrogen-bond donors (Lipinski definition) is 3. The van der Waals surface area contributed by atoms with Crippen molar-refractivity contribution in [2.24, 2.45) is 0 Å². The molecule has 10 nitrogen and oxygen atoms in total. The lowest BCUT2D eigenvalue weighted by molar-refractivity contribution is -0.138. The summed E-state index contributed by atoms with van der Waals surface area (Å²) in [4.78, 5) is 41.0. The maximum atomic E-state index is 15.0. The summed E-state index contributed by atoms with van der Waals surface area (Å²) in [7, 11) is 0. The van der Waals surface area contributed by atoms with Gasteiger partial charge in [0.15, 0.2) is 17.7 Å². The number of anilines is 2. The summed E-state index contributed by atoms with van der Waals surface area (Å²) < 4.78 is 72.9. The first-order chi connectivity index (χ1) is 20.3. The Hall–Kier alpha value is -3.69. The number of halogens is 6. The summed E-state index contributed by atoms with van der Waals surface area (Å²) in [5, 5.41) is 14.4. The summed E-state index contributed by atoms with van der Waals surface area (Å²) in [5.41, 5.74) is -0.123. The number of benzene rings is 2. The maximum absolute atomic E-state index is 15.0. The van der Waals surface area contributed by atoms with E-state index in [9.17, 15) is 36.3 Å². The Morgan fingerprint density at radius 3 is 2.42 bits per heavy atom. The summed E-state index contributed by atoms with van der Waals surface area (Å²) in [6, 6.07) is 6.75. The Labute approximate surface area is 248 Å². The summed E-state index contributed by atoms with van der Waals surface area (Å²) in [6.45, 7) is 0.724. The number of carbonyl (C=O) groups excluding carboxylic acids is 2. The van der Waals surface area contributed by atoms with Gasteiger partial charge in [-0.2, -0.15) is 13.2 Å². The molecule has 2 saturated heterocycles. The number of ether oxygens (including phenoxy) is 1. The van der Waals surface area contributed by atoms with Crippen LogP contribution in [0, 0.1) is 11.6 Å². The van der Waals surface area contributed by atoms with Gasteiger partial charge in [0.25, 0.3) is 11.8 Å². The molecule has 0 radical (unpaired) electrons. The van der Waals surface area contributed by atoms with E-state index in [1.165, 1.54) is 12.1 Å². The number of nitrogens with one attached hydrogen (secondary N) is 2. The van der Waals surface area contributed by atoms with Gasteiger partial charge in [-0.05, 0) is 24.3 Å². The van der Waals surface area contributed by atoms with Crippen molar-refractivity contribution in [3.8, 4) is 0 Å². The number of hydrogen-bond acceptors (Lipinski definition) is 6. The summed E-state index contributed by atoms with van der Waals surface area (Å²) in [6.07, 6.45) is -7.49. The number of alkyl halides is 3. The molecule has 2 aromatic carbocycles. The van der Waals surface area contributed by atoms with E-state index >= 15 is 0 Å². The molecule has 1 atom stereocenters. The summed E-state index contributed by atoms with van der Waals surface area (Å²) >= 11 is 6.15. The van der Waals surface area contributed by atoms with E-state index in [1.54, 1.807) is 11.0 Å². The van der Waals surface area contributed by atoms with Crippen LogP contribution in [0.15, 0.2) is 30.3 Å². The Morgan fingerprint density at radius 2 is 1.74 bits per heavy atom. The van der Waals surface area contributed by atoms with E-state index in [0.717, 1.165) is 17.0 Å². The highest BCUT2D eigenvalue weighted by Crippen LogP contribution is 2.31. The highest BCUT2D eigenvalue weighted by Gasteiger charge is 2.31. The van der Waals surface area contributed by atoms with Gasteiger partial charge in [-0.1, -0.05) is 17.7 Å². The molecular formula is C27H29ClF5N5O5. The molecule has 0 aromatic heterocycles. The van der Waals surface area contributed by atoms with Gasteiger partial charge in [0, 0.05) is 56.4 Å². The second-order valence-corrected chi connectivity index (χ2v) is 10.5. The Bertz CT molecular complexity index is 1360. The Balaban J connectivity index is 1.39. The Kier molecular flexibility index (Phi) is 10.3. The monoisotopic (exact) mass is 633 g/mol. The third-order valence-corrected chi connectivity index (χ3v) is 7.36. The minimum absolute atomic E-state index is 0.00465. The molecule has 0 spiro atoms. The SMILES string of the molecule is O=C(Nc1ccc(Cl)cc1N1CCN(CCC(F)(F)F)CC1)c1ccc(CNC(=O)C2CN(C(=O)O)CCO2)c(F)c1F. The fourth-order valence-corrected chi connectivity index (χ4v) is 4.90. The van der Waals surface area contributed by atoms with Gasteiger partial charge in [0.2, 0.25) is 0 Å². The maximum Gasteiger partial charge on any atom is 0.407 e. The van der Waals surface area contributed by atoms with Crippen molar-refractivity contribution in [1.29, 1.82) is 0 Å². The zero-order valence-corrected chi connectivity index (χ0v) is 23.5. The third-order valence-electron chi connectivity index (χ3n) is 7.12. The number of carbonyl (C=O) groups is 3. The second-order valence-electron chi connectivity index (χ2n) is 10.0. The fourth-order valence-electron chi connectivity index (χ4n) is 4.74. The highest BCUT2D eigenvalue weighted by molar-refractivity contribution is 6.31. The predicted octanol–water partition coefficient (Wildman–Crippen LogP) is 3.94. The van der Waals surface area contributed by atoms with Gasteiger partial charge in [0.05, 0.1) is 36.5 Å². The van der Waals surface area contributed by atoms with Crippen molar-refractivity contribution in [1.82, 2.24) is 15.1 Å². The first kappa shape index (κ1) is 32.2. The van der Waals surface area contributed by atoms with E-state index in [0.29, 0.717) is 36.9 Å². The van der Waals surface area contributed by atoms with Gasteiger partial charge < -0.3 is 30.3 Å².